The van der Waals surface area contributed by atoms with Gasteiger partial charge in [0, 0.05) is 17.1 Å². The van der Waals surface area contributed by atoms with Gasteiger partial charge in [-0.15, -0.1) is 0 Å². The van der Waals surface area contributed by atoms with Crippen LogP contribution in [0.1, 0.15) is 34.2 Å². The predicted octanol–water partition coefficient (Wildman–Crippen LogP) is 4.25. The molecule has 2 amide bonds. The second-order valence-electron chi connectivity index (χ2n) is 7.85. The quantitative estimate of drug-likeness (QED) is 0.285. The number of anilines is 1. The number of benzene rings is 2. The first-order chi connectivity index (χ1) is 16.9. The van der Waals surface area contributed by atoms with Gasteiger partial charge in [0.1, 0.15) is 10.6 Å². The van der Waals surface area contributed by atoms with Crippen molar-refractivity contribution in [1.29, 1.82) is 0 Å². The van der Waals surface area contributed by atoms with Crippen molar-refractivity contribution >= 4 is 35.2 Å². The van der Waals surface area contributed by atoms with Crippen LogP contribution >= 0.6 is 11.8 Å². The van der Waals surface area contributed by atoms with Gasteiger partial charge in [-0.3, -0.25) is 14.5 Å². The normalized spacial score (nSPS) is 13.4. The van der Waals surface area contributed by atoms with Gasteiger partial charge < -0.3 is 10.1 Å². The highest BCUT2D eigenvalue weighted by molar-refractivity contribution is 8.04. The van der Waals surface area contributed by atoms with Crippen molar-refractivity contribution in [2.75, 3.05) is 11.9 Å². The number of hydrogen-bond acceptors (Lipinski definition) is 8. The number of aryl methyl sites for hydroxylation is 2. The maximum absolute atomic E-state index is 13.4. The summed E-state index contributed by atoms with van der Waals surface area (Å²) in [6.07, 6.45) is 0. The third-order valence-corrected chi connectivity index (χ3v) is 6.06. The van der Waals surface area contributed by atoms with Crippen molar-refractivity contribution in [3.63, 3.8) is 0 Å². The van der Waals surface area contributed by atoms with E-state index < -0.39 is 17.8 Å². The first kappa shape index (κ1) is 24.2. The van der Waals surface area contributed by atoms with E-state index in [1.807, 2.05) is 50.2 Å². The number of carbonyl (C=O) groups is 3. The van der Waals surface area contributed by atoms with Crippen molar-refractivity contribution in [3.8, 4) is 0 Å². The Balaban J connectivity index is 1.69. The van der Waals surface area contributed by atoms with Gasteiger partial charge in [-0.25, -0.2) is 14.8 Å². The maximum atomic E-state index is 13.4. The Bertz CT molecular complexity index is 1300. The number of nitrogens with zero attached hydrogens (tertiary/aromatic N) is 3. The zero-order chi connectivity index (χ0) is 24.9. The lowest BCUT2D eigenvalue weighted by molar-refractivity contribution is -0.137. The van der Waals surface area contributed by atoms with E-state index in [9.17, 15) is 14.4 Å². The predicted molar refractivity (Wildman–Crippen MR) is 132 cm³/mol. The largest absolute Gasteiger partial charge is 0.462 e. The summed E-state index contributed by atoms with van der Waals surface area (Å²) in [5.41, 5.74) is 3.27. The van der Waals surface area contributed by atoms with Gasteiger partial charge in [0.2, 0.25) is 0 Å². The number of ether oxygens (including phenoxy) is 1. The summed E-state index contributed by atoms with van der Waals surface area (Å²) in [5.74, 6) is -1.37. The number of amides is 2. The molecule has 8 nitrogen and oxygen atoms in total. The van der Waals surface area contributed by atoms with E-state index in [0.717, 1.165) is 28.7 Å². The molecule has 0 saturated carbocycles. The van der Waals surface area contributed by atoms with Crippen LogP contribution in [0.5, 0.6) is 0 Å². The molecule has 9 heteroatoms. The van der Waals surface area contributed by atoms with E-state index in [1.165, 1.54) is 4.90 Å². The average Bonchev–Trinajstić information content (AvgIpc) is 3.04. The van der Waals surface area contributed by atoms with Crippen molar-refractivity contribution in [3.05, 3.63) is 93.8 Å². The molecule has 0 saturated heterocycles. The minimum atomic E-state index is -0.470. The molecule has 1 N–H and O–H groups in total. The Morgan fingerprint density at radius 2 is 1.69 bits per heavy atom. The zero-order valence-corrected chi connectivity index (χ0v) is 20.4. The van der Waals surface area contributed by atoms with Gasteiger partial charge in [0.05, 0.1) is 18.7 Å². The molecule has 4 rings (SSSR count). The second-order valence-corrected chi connectivity index (χ2v) is 8.83. The Hall–Kier alpha value is -3.98. The number of imide groups is 1. The SMILES string of the molecule is CCOC(=O)c1cccc(NC2=C(Sc3nc(C)cc(C)n3)C(=O)N(Cc3ccccc3)C2=O)c1. The van der Waals surface area contributed by atoms with Crippen molar-refractivity contribution in [2.24, 2.45) is 0 Å². The Morgan fingerprint density at radius 3 is 2.37 bits per heavy atom. The summed E-state index contributed by atoms with van der Waals surface area (Å²) in [6, 6.07) is 17.7. The van der Waals surface area contributed by atoms with Gasteiger partial charge in [-0.2, -0.15) is 0 Å². The number of nitrogens with one attached hydrogen (secondary N) is 1. The molecule has 0 atom stereocenters. The Morgan fingerprint density at radius 1 is 0.971 bits per heavy atom. The summed E-state index contributed by atoms with van der Waals surface area (Å²) in [7, 11) is 0. The number of esters is 1. The summed E-state index contributed by atoms with van der Waals surface area (Å²) < 4.78 is 5.07. The number of aromatic nitrogens is 2. The highest BCUT2D eigenvalue weighted by atomic mass is 32.2. The zero-order valence-electron chi connectivity index (χ0n) is 19.6. The molecule has 0 radical (unpaired) electrons. The Labute approximate surface area is 207 Å². The fourth-order valence-corrected chi connectivity index (χ4v) is 4.58. The third kappa shape index (κ3) is 5.58. The van der Waals surface area contributed by atoms with Gasteiger partial charge in [-0.05, 0) is 62.4 Å². The minimum Gasteiger partial charge on any atom is -0.462 e. The standard InChI is InChI=1S/C26H24N4O4S/c1-4-34-25(33)19-11-8-12-20(14-19)29-21-22(35-26-27-16(2)13-17(3)28-26)24(32)30(23(21)31)15-18-9-6-5-7-10-18/h5-14,29H,4,15H2,1-3H3. The monoisotopic (exact) mass is 488 g/mol. The molecular formula is C26H24N4O4S. The molecular weight excluding hydrogens is 464 g/mol. The molecule has 1 aliphatic heterocycles. The van der Waals surface area contributed by atoms with Crippen molar-refractivity contribution in [2.45, 2.75) is 32.5 Å². The molecule has 1 aliphatic rings. The van der Waals surface area contributed by atoms with Crippen LogP contribution in [0.25, 0.3) is 0 Å². The van der Waals surface area contributed by atoms with Crippen LogP contribution in [-0.2, 0) is 20.9 Å². The molecule has 3 aromatic rings. The summed E-state index contributed by atoms with van der Waals surface area (Å²) in [4.78, 5) is 49.2. The molecule has 2 aromatic carbocycles. The smallest absolute Gasteiger partial charge is 0.338 e. The lowest BCUT2D eigenvalue weighted by atomic mass is 10.2. The summed E-state index contributed by atoms with van der Waals surface area (Å²) in [6.45, 7) is 5.80. The van der Waals surface area contributed by atoms with Crippen molar-refractivity contribution < 1.29 is 19.1 Å². The average molecular weight is 489 g/mol. The molecule has 0 bridgehead atoms. The number of hydrogen-bond donors (Lipinski definition) is 1. The molecule has 178 valence electrons. The number of rotatable bonds is 8. The van der Waals surface area contributed by atoms with Crippen LogP contribution < -0.4 is 5.32 Å². The number of carbonyl (C=O) groups excluding carboxylic acids is 3. The first-order valence-electron chi connectivity index (χ1n) is 11.0. The fraction of sp³-hybridized carbons (Fsp3) is 0.192. The summed E-state index contributed by atoms with van der Waals surface area (Å²) >= 11 is 1.04. The van der Waals surface area contributed by atoms with Crippen LogP contribution in [0.4, 0.5) is 5.69 Å². The first-order valence-corrected chi connectivity index (χ1v) is 11.9. The minimum absolute atomic E-state index is 0.111. The van der Waals surface area contributed by atoms with E-state index in [-0.39, 0.29) is 23.8 Å². The van der Waals surface area contributed by atoms with E-state index in [4.69, 9.17) is 4.74 Å². The van der Waals surface area contributed by atoms with E-state index in [1.54, 1.807) is 31.2 Å². The fourth-order valence-electron chi connectivity index (χ4n) is 3.58. The maximum Gasteiger partial charge on any atom is 0.338 e. The van der Waals surface area contributed by atoms with Crippen LogP contribution in [0.3, 0.4) is 0 Å². The second kappa shape index (κ2) is 10.5. The van der Waals surface area contributed by atoms with Gasteiger partial charge in [0.15, 0.2) is 5.16 Å². The van der Waals surface area contributed by atoms with Gasteiger partial charge in [0.25, 0.3) is 11.8 Å². The number of thioether (sulfide) groups is 1. The summed E-state index contributed by atoms with van der Waals surface area (Å²) in [5, 5.41) is 3.43. The van der Waals surface area contributed by atoms with Crippen LogP contribution in [-0.4, -0.2) is 39.3 Å². The highest BCUT2D eigenvalue weighted by Gasteiger charge is 2.39. The molecule has 2 heterocycles. The van der Waals surface area contributed by atoms with Gasteiger partial charge in [-0.1, -0.05) is 36.4 Å². The molecule has 0 fully saturated rings. The van der Waals surface area contributed by atoms with Crippen LogP contribution in [0.15, 0.2) is 76.4 Å². The van der Waals surface area contributed by atoms with E-state index in [0.29, 0.717) is 16.4 Å². The lowest BCUT2D eigenvalue weighted by Gasteiger charge is -2.15. The third-order valence-electron chi connectivity index (χ3n) is 5.11. The van der Waals surface area contributed by atoms with Gasteiger partial charge >= 0.3 is 5.97 Å². The Kier molecular flexibility index (Phi) is 7.26. The molecule has 0 aliphatic carbocycles. The molecule has 0 spiro atoms. The van der Waals surface area contributed by atoms with Crippen LogP contribution in [0.2, 0.25) is 0 Å². The van der Waals surface area contributed by atoms with Crippen LogP contribution in [0, 0.1) is 13.8 Å². The van der Waals surface area contributed by atoms with Crippen molar-refractivity contribution in [1.82, 2.24) is 14.9 Å². The lowest BCUT2D eigenvalue weighted by Crippen LogP contribution is -2.31. The van der Waals surface area contributed by atoms with E-state index in [2.05, 4.69) is 15.3 Å². The highest BCUT2D eigenvalue weighted by Crippen LogP contribution is 2.35. The topological polar surface area (TPSA) is 101 Å². The molecule has 1 aromatic heterocycles. The molecule has 0 unspecified atom stereocenters. The van der Waals surface area contributed by atoms with E-state index >= 15 is 0 Å². The molecule has 35 heavy (non-hydrogen) atoms.